The first-order valence-corrected chi connectivity index (χ1v) is 13.0. The molecule has 0 aliphatic rings. The molecule has 5 N–H and O–H groups in total. The average Bonchev–Trinajstić information content (AvgIpc) is 2.75. The predicted molar refractivity (Wildman–Crippen MR) is 134 cm³/mol. The topological polar surface area (TPSA) is 104 Å². The summed E-state index contributed by atoms with van der Waals surface area (Å²) >= 11 is 5.82. The Bertz CT molecular complexity index is 646. The van der Waals surface area contributed by atoms with Crippen molar-refractivity contribution in [2.75, 3.05) is 24.3 Å². The number of nitrogens with one attached hydrogen (secondary N) is 2. The Morgan fingerprint density at radius 3 is 2.39 bits per heavy atom. The normalized spacial score (nSPS) is 15.3. The number of hydrogen-bond donors (Lipinski definition) is 5. The van der Waals surface area contributed by atoms with Crippen LogP contribution in [0.3, 0.4) is 0 Å². The molecule has 0 bridgehead atoms. The number of carboxylic acids is 1. The zero-order valence-corrected chi connectivity index (χ0v) is 20.6. The molecular weight excluding hydrogens is 430 g/mol. The fourth-order valence-electron chi connectivity index (χ4n) is 3.43. The maximum Gasteiger partial charge on any atom is 0.326 e. The van der Waals surface area contributed by atoms with Crippen molar-refractivity contribution < 1.29 is 14.7 Å². The van der Waals surface area contributed by atoms with E-state index in [1.807, 2.05) is 36.6 Å². The zero-order valence-electron chi connectivity index (χ0n) is 18.9. The molecule has 0 aliphatic carbocycles. The lowest BCUT2D eigenvalue weighted by Gasteiger charge is -2.27. The summed E-state index contributed by atoms with van der Waals surface area (Å²) in [4.78, 5) is 24.7. The van der Waals surface area contributed by atoms with Crippen LogP contribution in [0.1, 0.15) is 38.7 Å². The van der Waals surface area contributed by atoms with E-state index in [0.29, 0.717) is 43.2 Å². The minimum atomic E-state index is -0.983. The molecule has 0 saturated heterocycles. The first-order chi connectivity index (χ1) is 14.8. The van der Waals surface area contributed by atoms with Gasteiger partial charge in [0.05, 0.1) is 0 Å². The number of benzene rings is 1. The van der Waals surface area contributed by atoms with E-state index in [0.717, 1.165) is 12.0 Å². The van der Waals surface area contributed by atoms with Gasteiger partial charge in [0.15, 0.2) is 0 Å². The van der Waals surface area contributed by atoms with E-state index in [1.54, 1.807) is 11.8 Å². The molecule has 1 amide bonds. The van der Waals surface area contributed by atoms with Crippen LogP contribution in [0.25, 0.3) is 0 Å². The second-order valence-electron chi connectivity index (χ2n) is 8.35. The molecule has 0 radical (unpaired) electrons. The minimum Gasteiger partial charge on any atom is -0.480 e. The Morgan fingerprint density at radius 2 is 1.84 bits per heavy atom. The number of carbonyl (C=O) groups is 2. The van der Waals surface area contributed by atoms with Crippen LogP contribution in [-0.4, -0.2) is 59.4 Å². The first-order valence-electron chi connectivity index (χ1n) is 10.9. The number of nitrogens with two attached hydrogens (primary N) is 1. The molecule has 1 aromatic carbocycles. The molecule has 0 aromatic heterocycles. The van der Waals surface area contributed by atoms with Crippen molar-refractivity contribution in [2.24, 2.45) is 17.6 Å². The summed E-state index contributed by atoms with van der Waals surface area (Å²) in [5.41, 5.74) is 7.06. The van der Waals surface area contributed by atoms with Gasteiger partial charge >= 0.3 is 5.97 Å². The van der Waals surface area contributed by atoms with Crippen LogP contribution in [0.15, 0.2) is 30.3 Å². The van der Waals surface area contributed by atoms with Gasteiger partial charge in [0, 0.05) is 30.3 Å². The molecule has 6 nitrogen and oxygen atoms in total. The third-order valence-electron chi connectivity index (χ3n) is 5.43. The van der Waals surface area contributed by atoms with Crippen molar-refractivity contribution in [1.29, 1.82) is 0 Å². The smallest absolute Gasteiger partial charge is 0.326 e. The molecule has 0 spiro atoms. The molecule has 1 rings (SSSR count). The van der Waals surface area contributed by atoms with Crippen molar-refractivity contribution in [3.63, 3.8) is 0 Å². The first kappa shape index (κ1) is 27.8. The van der Waals surface area contributed by atoms with Gasteiger partial charge in [-0.05, 0) is 49.2 Å². The maximum atomic E-state index is 13.1. The van der Waals surface area contributed by atoms with Crippen molar-refractivity contribution in [1.82, 2.24) is 10.6 Å². The SMILES string of the molecule is CSCC[C@H](NC(=O)[C@@H](CC[C@@H](NC[C@@H](N)CS)C(C)C)Cc1ccccc1)C(=O)O. The van der Waals surface area contributed by atoms with Crippen molar-refractivity contribution >= 4 is 36.3 Å². The monoisotopic (exact) mass is 469 g/mol. The van der Waals surface area contributed by atoms with Gasteiger partial charge in [-0.15, -0.1) is 0 Å². The highest BCUT2D eigenvalue weighted by atomic mass is 32.2. The van der Waals surface area contributed by atoms with Crippen LogP contribution in [-0.2, 0) is 16.0 Å². The van der Waals surface area contributed by atoms with Crippen LogP contribution >= 0.6 is 24.4 Å². The fraction of sp³-hybridized carbons (Fsp3) is 0.652. The van der Waals surface area contributed by atoms with Gasteiger partial charge in [-0.25, -0.2) is 4.79 Å². The number of carboxylic acid groups (broad SMARTS) is 1. The van der Waals surface area contributed by atoms with Crippen molar-refractivity contribution in [3.8, 4) is 0 Å². The molecule has 0 saturated carbocycles. The molecule has 0 fully saturated rings. The molecule has 8 heteroatoms. The van der Waals surface area contributed by atoms with Crippen molar-refractivity contribution in [3.05, 3.63) is 35.9 Å². The van der Waals surface area contributed by atoms with Crippen LogP contribution in [0.5, 0.6) is 0 Å². The summed E-state index contributed by atoms with van der Waals surface area (Å²) < 4.78 is 0. The van der Waals surface area contributed by atoms with Gasteiger partial charge in [0.1, 0.15) is 6.04 Å². The summed E-state index contributed by atoms with van der Waals surface area (Å²) in [6.07, 6.45) is 4.41. The Morgan fingerprint density at radius 1 is 1.16 bits per heavy atom. The summed E-state index contributed by atoms with van der Waals surface area (Å²) in [6, 6.07) is 9.24. The van der Waals surface area contributed by atoms with Crippen LogP contribution < -0.4 is 16.4 Å². The molecule has 0 unspecified atom stereocenters. The molecule has 4 atom stereocenters. The van der Waals surface area contributed by atoms with Gasteiger partial charge in [-0.3, -0.25) is 4.79 Å². The number of carbonyl (C=O) groups excluding carboxylic acids is 1. The largest absolute Gasteiger partial charge is 0.480 e. The third-order valence-corrected chi connectivity index (χ3v) is 6.54. The molecule has 0 heterocycles. The van der Waals surface area contributed by atoms with E-state index in [-0.39, 0.29) is 23.9 Å². The lowest BCUT2D eigenvalue weighted by molar-refractivity contribution is -0.142. The second kappa shape index (κ2) is 15.6. The van der Waals surface area contributed by atoms with Gasteiger partial charge in [0.25, 0.3) is 0 Å². The number of aliphatic carboxylic acids is 1. The number of amides is 1. The Balaban J connectivity index is 2.86. The standard InChI is InChI=1S/C23H39N3O3S2/c1-16(2)20(25-14-19(24)15-30)10-9-18(13-17-7-5-4-6-8-17)22(27)26-21(23(28)29)11-12-31-3/h4-8,16,18-21,25,30H,9-15,24H2,1-3H3,(H,26,27)(H,28,29)/t18-,19+,20+,21-/m0/s1. The van der Waals surface area contributed by atoms with E-state index in [1.165, 1.54) is 0 Å². The van der Waals surface area contributed by atoms with Gasteiger partial charge in [0.2, 0.25) is 5.91 Å². The molecular formula is C23H39N3O3S2. The van der Waals surface area contributed by atoms with E-state index in [2.05, 4.69) is 37.1 Å². The quantitative estimate of drug-likeness (QED) is 0.239. The molecule has 176 valence electrons. The number of thioether (sulfide) groups is 1. The highest BCUT2D eigenvalue weighted by Crippen LogP contribution is 2.19. The highest BCUT2D eigenvalue weighted by Gasteiger charge is 2.26. The summed E-state index contributed by atoms with van der Waals surface area (Å²) in [5.74, 6) is 0.228. The Hall–Kier alpha value is -1.22. The maximum absolute atomic E-state index is 13.1. The van der Waals surface area contributed by atoms with E-state index >= 15 is 0 Å². The van der Waals surface area contributed by atoms with E-state index < -0.39 is 12.0 Å². The highest BCUT2D eigenvalue weighted by molar-refractivity contribution is 7.98. The number of rotatable bonds is 16. The van der Waals surface area contributed by atoms with Gasteiger partial charge in [-0.2, -0.15) is 24.4 Å². The molecule has 0 aliphatic heterocycles. The van der Waals surface area contributed by atoms with Crippen LogP contribution in [0.4, 0.5) is 0 Å². The molecule has 31 heavy (non-hydrogen) atoms. The van der Waals surface area contributed by atoms with Crippen molar-refractivity contribution in [2.45, 2.75) is 57.7 Å². The predicted octanol–water partition coefficient (Wildman–Crippen LogP) is 2.82. The second-order valence-corrected chi connectivity index (χ2v) is 9.70. The van der Waals surface area contributed by atoms with Crippen LogP contribution in [0, 0.1) is 11.8 Å². The number of thiol groups is 1. The van der Waals surface area contributed by atoms with Gasteiger partial charge in [-0.1, -0.05) is 44.2 Å². The lowest BCUT2D eigenvalue weighted by atomic mass is 9.89. The van der Waals surface area contributed by atoms with E-state index in [4.69, 9.17) is 5.73 Å². The summed E-state index contributed by atoms with van der Waals surface area (Å²) in [6.45, 7) is 4.98. The van der Waals surface area contributed by atoms with E-state index in [9.17, 15) is 14.7 Å². The van der Waals surface area contributed by atoms with Crippen LogP contribution in [0.2, 0.25) is 0 Å². The third kappa shape index (κ3) is 11.3. The number of hydrogen-bond acceptors (Lipinski definition) is 6. The fourth-order valence-corrected chi connectivity index (χ4v) is 4.03. The summed E-state index contributed by atoms with van der Waals surface area (Å²) in [7, 11) is 0. The Labute approximate surface area is 196 Å². The lowest BCUT2D eigenvalue weighted by Crippen LogP contribution is -2.45. The molecule has 1 aromatic rings. The average molecular weight is 470 g/mol. The zero-order chi connectivity index (χ0) is 23.2. The Kier molecular flexibility index (Phi) is 14.0. The summed E-state index contributed by atoms with van der Waals surface area (Å²) in [5, 5.41) is 15.8. The van der Waals surface area contributed by atoms with Gasteiger partial charge < -0.3 is 21.5 Å². The minimum absolute atomic E-state index is 0.0132.